The predicted molar refractivity (Wildman–Crippen MR) is 125 cm³/mol. The molecule has 3 rings (SSSR count). The molecule has 34 heavy (non-hydrogen) atoms. The summed E-state index contributed by atoms with van der Waals surface area (Å²) in [5, 5.41) is 13.4. The number of rotatable bonds is 10. The molecule has 0 fully saturated rings. The first kappa shape index (κ1) is 24.7. The van der Waals surface area contributed by atoms with Crippen LogP contribution < -0.4 is 25.0 Å². The average Bonchev–Trinajstić information content (AvgIpc) is 3.36. The second-order valence-corrected chi connectivity index (χ2v) is 7.80. The number of anilines is 1. The summed E-state index contributed by atoms with van der Waals surface area (Å²) in [6, 6.07) is 10.1. The molecule has 3 N–H and O–H groups in total. The Morgan fingerprint density at radius 3 is 2.12 bits per heavy atom. The van der Waals surface area contributed by atoms with Crippen molar-refractivity contribution in [2.24, 2.45) is 0 Å². The van der Waals surface area contributed by atoms with Crippen LogP contribution in [0.4, 0.5) is 5.69 Å². The number of nitrogens with zero attached hydrogens (tertiary/aromatic N) is 1. The van der Waals surface area contributed by atoms with Gasteiger partial charge in [0.2, 0.25) is 23.3 Å². The maximum Gasteiger partial charge on any atom is 0.243 e. The summed E-state index contributed by atoms with van der Waals surface area (Å²) < 4.78 is 15.9. The number of hydrogen-bond donors (Lipinski definition) is 3. The maximum absolute atomic E-state index is 13.0. The van der Waals surface area contributed by atoms with Crippen LogP contribution in [-0.4, -0.2) is 49.1 Å². The van der Waals surface area contributed by atoms with Crippen LogP contribution in [-0.2, 0) is 9.59 Å². The highest BCUT2D eigenvalue weighted by Gasteiger charge is 2.20. The average molecular weight is 486 g/mol. The van der Waals surface area contributed by atoms with Crippen LogP contribution in [0, 0.1) is 0 Å². The predicted octanol–water partition coefficient (Wildman–Crippen LogP) is 3.29. The van der Waals surface area contributed by atoms with Crippen molar-refractivity contribution >= 4 is 34.6 Å². The van der Waals surface area contributed by atoms with Crippen molar-refractivity contribution in [3.05, 3.63) is 53.0 Å². The van der Waals surface area contributed by atoms with Gasteiger partial charge in [-0.2, -0.15) is 0 Å². The first-order chi connectivity index (χ1) is 16.4. The van der Waals surface area contributed by atoms with E-state index in [0.717, 1.165) is 5.56 Å². The minimum absolute atomic E-state index is 0.0625. The number of nitrogens with one attached hydrogen (secondary N) is 2. The van der Waals surface area contributed by atoms with E-state index < -0.39 is 5.91 Å². The molecule has 0 saturated carbocycles. The van der Waals surface area contributed by atoms with Crippen molar-refractivity contribution in [3.63, 3.8) is 0 Å². The Hall–Kier alpha value is -3.96. The SMILES string of the molecule is COc1cc(C(=O)c2csc(-c3ccc(NC(=O)CCC(=O)NO)cc3)n2)cc(OC)c1OC. The van der Waals surface area contributed by atoms with Gasteiger partial charge in [0.05, 0.1) is 21.3 Å². The molecule has 0 spiro atoms. The number of carbonyl (C=O) groups excluding carboxylic acids is 3. The fraction of sp³-hybridized carbons (Fsp3) is 0.217. The summed E-state index contributed by atoms with van der Waals surface area (Å²) in [4.78, 5) is 40.4. The molecule has 0 radical (unpaired) electrons. The minimum atomic E-state index is -0.633. The first-order valence-corrected chi connectivity index (χ1v) is 10.9. The fourth-order valence-electron chi connectivity index (χ4n) is 3.07. The Labute approximate surface area is 199 Å². The third-order valence-electron chi connectivity index (χ3n) is 4.78. The number of thiazole rings is 1. The second-order valence-electron chi connectivity index (χ2n) is 6.94. The van der Waals surface area contributed by atoms with Gasteiger partial charge in [0.1, 0.15) is 10.7 Å². The number of amides is 2. The van der Waals surface area contributed by atoms with Crippen LogP contribution in [0.3, 0.4) is 0 Å². The maximum atomic E-state index is 13.0. The van der Waals surface area contributed by atoms with Gasteiger partial charge >= 0.3 is 0 Å². The van der Waals surface area contributed by atoms with Crippen molar-refractivity contribution in [2.45, 2.75) is 12.8 Å². The lowest BCUT2D eigenvalue weighted by atomic mass is 10.1. The third-order valence-corrected chi connectivity index (χ3v) is 5.67. The van der Waals surface area contributed by atoms with Gasteiger partial charge in [-0.15, -0.1) is 11.3 Å². The standard InChI is InChI=1S/C23H23N3O7S/c1-31-17-10-14(11-18(32-2)22(17)33-3)21(29)16-12-34-23(25-16)13-4-6-15(7-5-13)24-19(27)8-9-20(28)26-30/h4-7,10-12,30H,8-9H2,1-3H3,(H,24,27)(H,26,28). The van der Waals surface area contributed by atoms with Gasteiger partial charge in [-0.3, -0.25) is 19.6 Å². The molecule has 178 valence electrons. The molecule has 10 nitrogen and oxygen atoms in total. The zero-order valence-electron chi connectivity index (χ0n) is 18.7. The summed E-state index contributed by atoms with van der Waals surface area (Å²) in [6.07, 6.45) is -0.185. The molecule has 0 bridgehead atoms. The number of hydrogen-bond acceptors (Lipinski definition) is 9. The van der Waals surface area contributed by atoms with Gasteiger partial charge in [0, 0.05) is 35.0 Å². The number of hydroxylamine groups is 1. The Balaban J connectivity index is 1.73. The van der Waals surface area contributed by atoms with Gasteiger partial charge < -0.3 is 19.5 Å². The summed E-state index contributed by atoms with van der Waals surface area (Å²) in [5.41, 5.74) is 3.41. The molecule has 11 heteroatoms. The lowest BCUT2D eigenvalue weighted by Gasteiger charge is -2.13. The van der Waals surface area contributed by atoms with Crippen LogP contribution in [0.1, 0.15) is 28.9 Å². The van der Waals surface area contributed by atoms with Crippen molar-refractivity contribution in [2.75, 3.05) is 26.6 Å². The normalized spacial score (nSPS) is 10.4. The van der Waals surface area contributed by atoms with Crippen LogP contribution in [0.2, 0.25) is 0 Å². The molecule has 1 aromatic heterocycles. The molecule has 1 heterocycles. The molecule has 2 amide bonds. The Kier molecular flexibility index (Phi) is 8.17. The molecule has 0 saturated heterocycles. The summed E-state index contributed by atoms with van der Waals surface area (Å²) in [6.45, 7) is 0. The second kappa shape index (κ2) is 11.3. The molecule has 0 aliphatic rings. The largest absolute Gasteiger partial charge is 0.493 e. The van der Waals surface area contributed by atoms with Gasteiger partial charge in [0.25, 0.3) is 0 Å². The molecule has 0 unspecified atom stereocenters. The quantitative estimate of drug-likeness (QED) is 0.226. The van der Waals surface area contributed by atoms with E-state index in [1.165, 1.54) is 38.1 Å². The van der Waals surface area contributed by atoms with Crippen LogP contribution in [0.15, 0.2) is 41.8 Å². The summed E-state index contributed by atoms with van der Waals surface area (Å²) in [7, 11) is 4.44. The Morgan fingerprint density at radius 1 is 0.941 bits per heavy atom. The van der Waals surface area contributed by atoms with E-state index in [9.17, 15) is 14.4 Å². The third kappa shape index (κ3) is 5.69. The zero-order valence-corrected chi connectivity index (χ0v) is 19.5. The van der Waals surface area contributed by atoms with E-state index in [4.69, 9.17) is 19.4 Å². The van der Waals surface area contributed by atoms with E-state index >= 15 is 0 Å². The fourth-order valence-corrected chi connectivity index (χ4v) is 3.88. The monoisotopic (exact) mass is 485 g/mol. The molecule has 3 aromatic rings. The molecular weight excluding hydrogens is 462 g/mol. The smallest absolute Gasteiger partial charge is 0.243 e. The van der Waals surface area contributed by atoms with Crippen molar-refractivity contribution in [3.8, 4) is 27.8 Å². The van der Waals surface area contributed by atoms with Crippen molar-refractivity contribution in [1.29, 1.82) is 0 Å². The topological polar surface area (TPSA) is 136 Å². The van der Waals surface area contributed by atoms with E-state index in [0.29, 0.717) is 33.5 Å². The number of aromatic nitrogens is 1. The van der Waals surface area contributed by atoms with E-state index in [-0.39, 0.29) is 30.2 Å². The molecule has 0 aliphatic carbocycles. The zero-order chi connectivity index (χ0) is 24.7. The highest BCUT2D eigenvalue weighted by Crippen LogP contribution is 2.39. The number of ketones is 1. The number of carbonyl (C=O) groups is 3. The Morgan fingerprint density at radius 2 is 1.56 bits per heavy atom. The van der Waals surface area contributed by atoms with E-state index in [1.54, 1.807) is 41.8 Å². The number of ether oxygens (including phenoxy) is 3. The summed E-state index contributed by atoms with van der Waals surface area (Å²) >= 11 is 1.31. The lowest BCUT2D eigenvalue weighted by Crippen LogP contribution is -2.21. The Bertz CT molecular complexity index is 1170. The van der Waals surface area contributed by atoms with Gasteiger partial charge in [0.15, 0.2) is 11.5 Å². The van der Waals surface area contributed by atoms with E-state index in [1.807, 2.05) is 0 Å². The molecular formula is C23H23N3O7S. The molecule has 0 aliphatic heterocycles. The van der Waals surface area contributed by atoms with Gasteiger partial charge in [-0.1, -0.05) is 0 Å². The van der Waals surface area contributed by atoms with Crippen LogP contribution in [0.5, 0.6) is 17.2 Å². The van der Waals surface area contributed by atoms with Gasteiger partial charge in [-0.05, 0) is 36.4 Å². The lowest BCUT2D eigenvalue weighted by molar-refractivity contribution is -0.131. The highest BCUT2D eigenvalue weighted by molar-refractivity contribution is 7.13. The number of benzene rings is 2. The first-order valence-electron chi connectivity index (χ1n) is 10.0. The molecule has 0 atom stereocenters. The summed E-state index contributed by atoms with van der Waals surface area (Å²) in [5.74, 6) is -0.151. The van der Waals surface area contributed by atoms with Crippen LogP contribution >= 0.6 is 11.3 Å². The van der Waals surface area contributed by atoms with Gasteiger partial charge in [-0.25, -0.2) is 10.5 Å². The molecule has 2 aromatic carbocycles. The number of methoxy groups -OCH3 is 3. The van der Waals surface area contributed by atoms with Crippen molar-refractivity contribution in [1.82, 2.24) is 10.5 Å². The van der Waals surface area contributed by atoms with Crippen LogP contribution in [0.25, 0.3) is 10.6 Å². The van der Waals surface area contributed by atoms with Crippen molar-refractivity contribution < 1.29 is 33.8 Å². The minimum Gasteiger partial charge on any atom is -0.493 e. The van der Waals surface area contributed by atoms with E-state index in [2.05, 4.69) is 10.3 Å². The highest BCUT2D eigenvalue weighted by atomic mass is 32.1.